The van der Waals surface area contributed by atoms with Crippen LogP contribution in [-0.4, -0.2) is 30.1 Å². The second kappa shape index (κ2) is 4.43. The van der Waals surface area contributed by atoms with Crippen LogP contribution >= 0.6 is 0 Å². The zero-order valence-corrected chi connectivity index (χ0v) is 8.54. The molecule has 2 heteroatoms. The van der Waals surface area contributed by atoms with E-state index >= 15 is 0 Å². The minimum absolute atomic E-state index is 0.465. The van der Waals surface area contributed by atoms with Crippen molar-refractivity contribution in [2.75, 3.05) is 13.1 Å². The maximum Gasteiger partial charge on any atom is 0.0247 e. The molecule has 1 aliphatic heterocycles. The highest BCUT2D eigenvalue weighted by Gasteiger charge is 2.27. The molecule has 13 heavy (non-hydrogen) atoms. The lowest BCUT2D eigenvalue weighted by atomic mass is 9.89. The summed E-state index contributed by atoms with van der Waals surface area (Å²) >= 11 is 0. The van der Waals surface area contributed by atoms with Gasteiger partial charge in [-0.2, -0.15) is 0 Å². The van der Waals surface area contributed by atoms with Gasteiger partial charge >= 0.3 is 0 Å². The first-order valence-electron chi connectivity index (χ1n) is 5.87. The lowest BCUT2D eigenvalue weighted by Crippen LogP contribution is -2.51. The van der Waals surface area contributed by atoms with Crippen molar-refractivity contribution in [2.45, 2.75) is 57.0 Å². The highest BCUT2D eigenvalue weighted by molar-refractivity contribution is 4.86. The molecule has 1 heterocycles. The third-order valence-corrected chi connectivity index (χ3v) is 3.64. The van der Waals surface area contributed by atoms with E-state index in [0.29, 0.717) is 12.1 Å². The van der Waals surface area contributed by atoms with Gasteiger partial charge in [0.1, 0.15) is 0 Å². The van der Waals surface area contributed by atoms with Crippen molar-refractivity contribution >= 4 is 0 Å². The molecule has 2 fully saturated rings. The summed E-state index contributed by atoms with van der Waals surface area (Å²) in [5.74, 6) is 0. The molecule has 2 atom stereocenters. The van der Waals surface area contributed by atoms with Gasteiger partial charge in [-0.05, 0) is 38.8 Å². The van der Waals surface area contributed by atoms with Crippen LogP contribution in [0.1, 0.15) is 44.9 Å². The van der Waals surface area contributed by atoms with Crippen LogP contribution in [0, 0.1) is 0 Å². The van der Waals surface area contributed by atoms with Gasteiger partial charge in [0.25, 0.3) is 0 Å². The summed E-state index contributed by atoms with van der Waals surface area (Å²) in [7, 11) is 0. The van der Waals surface area contributed by atoms with Gasteiger partial charge in [0.15, 0.2) is 0 Å². The van der Waals surface area contributed by atoms with E-state index in [-0.39, 0.29) is 0 Å². The topological polar surface area (TPSA) is 29.3 Å². The standard InChI is InChI=1S/C11H22N2/c12-10-6-2-3-7-11(10)13-8-4-1-5-9-13/h10-11H,1-9,12H2/t10-,11?/m1/s1. The Balaban J connectivity index is 1.88. The Kier molecular flexibility index (Phi) is 3.23. The van der Waals surface area contributed by atoms with Gasteiger partial charge in [-0.3, -0.25) is 4.90 Å². The number of nitrogens with two attached hydrogens (primary N) is 1. The van der Waals surface area contributed by atoms with Crippen molar-refractivity contribution in [3.63, 3.8) is 0 Å². The van der Waals surface area contributed by atoms with Crippen molar-refractivity contribution in [3.8, 4) is 0 Å². The fraction of sp³-hybridized carbons (Fsp3) is 1.00. The molecule has 1 saturated heterocycles. The van der Waals surface area contributed by atoms with Gasteiger partial charge in [0.05, 0.1) is 0 Å². The summed E-state index contributed by atoms with van der Waals surface area (Å²) in [4.78, 5) is 2.65. The number of nitrogens with zero attached hydrogens (tertiary/aromatic N) is 1. The van der Waals surface area contributed by atoms with E-state index in [1.54, 1.807) is 0 Å². The Labute approximate surface area is 81.5 Å². The van der Waals surface area contributed by atoms with Crippen molar-refractivity contribution in [1.82, 2.24) is 4.90 Å². The molecule has 2 rings (SSSR count). The van der Waals surface area contributed by atoms with Crippen LogP contribution in [0.3, 0.4) is 0 Å². The summed E-state index contributed by atoms with van der Waals surface area (Å²) in [6, 6.07) is 1.18. The second-order valence-electron chi connectivity index (χ2n) is 4.61. The van der Waals surface area contributed by atoms with E-state index < -0.39 is 0 Å². The quantitative estimate of drug-likeness (QED) is 0.669. The van der Waals surface area contributed by atoms with Crippen LogP contribution in [0.25, 0.3) is 0 Å². The second-order valence-corrected chi connectivity index (χ2v) is 4.61. The SMILES string of the molecule is N[C@@H]1CCCCC1N1CCCCC1. The molecule has 0 aromatic carbocycles. The molecule has 2 aliphatic rings. The van der Waals surface area contributed by atoms with Crippen LogP contribution in [0.4, 0.5) is 0 Å². The van der Waals surface area contributed by atoms with Crippen molar-refractivity contribution in [1.29, 1.82) is 0 Å². The summed E-state index contributed by atoms with van der Waals surface area (Å²) in [5, 5.41) is 0. The molecule has 76 valence electrons. The molecule has 1 saturated carbocycles. The molecule has 2 nitrogen and oxygen atoms in total. The molecular formula is C11H22N2. The smallest absolute Gasteiger partial charge is 0.0247 e. The van der Waals surface area contributed by atoms with E-state index in [1.165, 1.54) is 58.0 Å². The van der Waals surface area contributed by atoms with Crippen molar-refractivity contribution < 1.29 is 0 Å². The normalized spacial score (nSPS) is 37.6. The van der Waals surface area contributed by atoms with E-state index in [9.17, 15) is 0 Å². The molecule has 1 unspecified atom stereocenters. The van der Waals surface area contributed by atoms with Crippen molar-refractivity contribution in [2.24, 2.45) is 5.73 Å². The predicted molar refractivity (Wildman–Crippen MR) is 55.7 cm³/mol. The van der Waals surface area contributed by atoms with E-state index in [1.807, 2.05) is 0 Å². The molecule has 0 aromatic heterocycles. The average Bonchev–Trinajstić information content (AvgIpc) is 2.20. The number of rotatable bonds is 1. The first-order chi connectivity index (χ1) is 6.38. The van der Waals surface area contributed by atoms with Crippen LogP contribution in [0.15, 0.2) is 0 Å². The molecule has 0 bridgehead atoms. The van der Waals surface area contributed by atoms with E-state index in [2.05, 4.69) is 4.90 Å². The zero-order valence-electron chi connectivity index (χ0n) is 8.54. The first-order valence-corrected chi connectivity index (χ1v) is 5.87. The van der Waals surface area contributed by atoms with E-state index in [0.717, 1.165) is 0 Å². The molecule has 2 N–H and O–H groups in total. The number of hydrogen-bond donors (Lipinski definition) is 1. The lowest BCUT2D eigenvalue weighted by molar-refractivity contribution is 0.115. The third kappa shape index (κ3) is 2.23. The Morgan fingerprint density at radius 1 is 0.846 bits per heavy atom. The first kappa shape index (κ1) is 9.47. The zero-order chi connectivity index (χ0) is 9.10. The Bertz CT molecular complexity index is 152. The largest absolute Gasteiger partial charge is 0.326 e. The van der Waals surface area contributed by atoms with Crippen molar-refractivity contribution in [3.05, 3.63) is 0 Å². The molecule has 0 amide bonds. The number of hydrogen-bond acceptors (Lipinski definition) is 2. The molecule has 1 aliphatic carbocycles. The Morgan fingerprint density at radius 2 is 1.54 bits per heavy atom. The minimum Gasteiger partial charge on any atom is -0.326 e. The molecule has 0 spiro atoms. The summed E-state index contributed by atoms with van der Waals surface area (Å²) < 4.78 is 0. The number of likely N-dealkylation sites (tertiary alicyclic amines) is 1. The van der Waals surface area contributed by atoms with Crippen LogP contribution in [0.5, 0.6) is 0 Å². The van der Waals surface area contributed by atoms with Gasteiger partial charge in [-0.1, -0.05) is 19.3 Å². The molecule has 0 radical (unpaired) electrons. The summed E-state index contributed by atoms with van der Waals surface area (Å²) in [5.41, 5.74) is 6.17. The molecule has 0 aromatic rings. The minimum atomic E-state index is 0.465. The van der Waals surface area contributed by atoms with Gasteiger partial charge in [-0.25, -0.2) is 0 Å². The summed E-state index contributed by atoms with van der Waals surface area (Å²) in [6.07, 6.45) is 9.56. The van der Waals surface area contributed by atoms with Gasteiger partial charge in [0, 0.05) is 12.1 Å². The summed E-state index contributed by atoms with van der Waals surface area (Å²) in [6.45, 7) is 2.61. The van der Waals surface area contributed by atoms with Crippen LogP contribution in [-0.2, 0) is 0 Å². The highest BCUT2D eigenvalue weighted by Crippen LogP contribution is 2.24. The van der Waals surface area contributed by atoms with E-state index in [4.69, 9.17) is 5.73 Å². The van der Waals surface area contributed by atoms with Gasteiger partial charge < -0.3 is 5.73 Å². The Hall–Kier alpha value is -0.0800. The number of piperidine rings is 1. The fourth-order valence-corrected chi connectivity index (χ4v) is 2.84. The van der Waals surface area contributed by atoms with Crippen LogP contribution < -0.4 is 5.73 Å². The lowest BCUT2D eigenvalue weighted by Gasteiger charge is -2.40. The average molecular weight is 182 g/mol. The third-order valence-electron chi connectivity index (χ3n) is 3.64. The van der Waals surface area contributed by atoms with Crippen LogP contribution in [0.2, 0.25) is 0 Å². The Morgan fingerprint density at radius 3 is 2.23 bits per heavy atom. The van der Waals surface area contributed by atoms with Gasteiger partial charge in [0.2, 0.25) is 0 Å². The predicted octanol–water partition coefficient (Wildman–Crippen LogP) is 1.74. The van der Waals surface area contributed by atoms with Gasteiger partial charge in [-0.15, -0.1) is 0 Å². The fourth-order valence-electron chi connectivity index (χ4n) is 2.84. The highest BCUT2D eigenvalue weighted by atomic mass is 15.2. The maximum atomic E-state index is 6.17. The monoisotopic (exact) mass is 182 g/mol. The maximum absolute atomic E-state index is 6.17. The molecular weight excluding hydrogens is 160 g/mol.